The van der Waals surface area contributed by atoms with E-state index in [9.17, 15) is 15.3 Å². The van der Waals surface area contributed by atoms with Crippen LogP contribution in [0.25, 0.3) is 0 Å². The van der Waals surface area contributed by atoms with E-state index in [1.165, 1.54) is 13.2 Å². The van der Waals surface area contributed by atoms with Gasteiger partial charge in [0.15, 0.2) is 11.5 Å². The van der Waals surface area contributed by atoms with E-state index >= 15 is 0 Å². The first-order valence-electron chi connectivity index (χ1n) is 10.4. The predicted octanol–water partition coefficient (Wildman–Crippen LogP) is 4.91. The number of methoxy groups -OCH3 is 1. The Bertz CT molecular complexity index is 1010. The van der Waals surface area contributed by atoms with Gasteiger partial charge in [-0.3, -0.25) is 0 Å². The molecule has 4 N–H and O–H groups in total. The van der Waals surface area contributed by atoms with Gasteiger partial charge < -0.3 is 30.1 Å². The van der Waals surface area contributed by atoms with E-state index in [4.69, 9.17) is 21.1 Å². The van der Waals surface area contributed by atoms with Crippen LogP contribution in [0.5, 0.6) is 28.7 Å². The molecule has 0 fully saturated rings. The lowest BCUT2D eigenvalue weighted by Crippen LogP contribution is -2.20. The average molecular weight is 458 g/mol. The van der Waals surface area contributed by atoms with Crippen LogP contribution >= 0.6 is 11.6 Å². The molecule has 0 aromatic heterocycles. The Morgan fingerprint density at radius 2 is 1.56 bits per heavy atom. The number of alkyl halides is 1. The molecule has 2 atom stereocenters. The van der Waals surface area contributed by atoms with E-state index in [0.717, 1.165) is 30.0 Å². The maximum atomic E-state index is 10.2. The Labute approximate surface area is 193 Å². The number of rotatable bonds is 10. The van der Waals surface area contributed by atoms with Gasteiger partial charge in [-0.15, -0.1) is 11.6 Å². The Hall–Kier alpha value is -3.09. The normalized spacial score (nSPS) is 12.8. The van der Waals surface area contributed by atoms with Gasteiger partial charge in [0.05, 0.1) is 12.5 Å². The van der Waals surface area contributed by atoms with Gasteiger partial charge in [-0.05, 0) is 59.6 Å². The van der Waals surface area contributed by atoms with Crippen LogP contribution in [-0.4, -0.2) is 42.1 Å². The molecule has 7 heteroatoms. The number of phenols is 3. The van der Waals surface area contributed by atoms with E-state index < -0.39 is 5.38 Å². The van der Waals surface area contributed by atoms with Gasteiger partial charge in [0, 0.05) is 12.5 Å². The summed E-state index contributed by atoms with van der Waals surface area (Å²) >= 11 is 6.93. The zero-order valence-electron chi connectivity index (χ0n) is 18.1. The second-order valence-electron chi connectivity index (χ2n) is 7.33. The van der Waals surface area contributed by atoms with Gasteiger partial charge in [0.2, 0.25) is 5.75 Å². The summed E-state index contributed by atoms with van der Waals surface area (Å²) < 4.78 is 11.0. The minimum atomic E-state index is -0.523. The summed E-state index contributed by atoms with van der Waals surface area (Å²) in [7, 11) is 1.42. The second-order valence-corrected chi connectivity index (χ2v) is 7.80. The Morgan fingerprint density at radius 1 is 0.906 bits per heavy atom. The lowest BCUT2D eigenvalue weighted by atomic mass is 9.85. The molecule has 3 aromatic rings. The molecule has 2 unspecified atom stereocenters. The number of aromatic hydroxyl groups is 3. The van der Waals surface area contributed by atoms with Crippen molar-refractivity contribution in [3.8, 4) is 28.7 Å². The molecule has 0 aliphatic heterocycles. The molecule has 3 rings (SSSR count). The lowest BCUT2D eigenvalue weighted by Gasteiger charge is -2.25. The maximum absolute atomic E-state index is 10.2. The molecule has 3 aromatic carbocycles. The predicted molar refractivity (Wildman–Crippen MR) is 125 cm³/mol. The van der Waals surface area contributed by atoms with Crippen LogP contribution in [0, 0.1) is 0 Å². The first-order chi connectivity index (χ1) is 15.4. The Kier molecular flexibility index (Phi) is 8.09. The fraction of sp³-hybridized carbons (Fsp3) is 0.280. The average Bonchev–Trinajstić information content (AvgIpc) is 2.80. The molecule has 32 heavy (non-hydrogen) atoms. The second kappa shape index (κ2) is 11.0. The topological polar surface area (TPSA) is 91.2 Å². The van der Waals surface area contributed by atoms with Gasteiger partial charge in [-0.1, -0.05) is 31.2 Å². The number of benzene rings is 3. The number of halogens is 1. The van der Waals surface area contributed by atoms with Crippen molar-refractivity contribution in [1.29, 1.82) is 0 Å². The minimum Gasteiger partial charge on any atom is -0.508 e. The Balaban J connectivity index is 1.97. The smallest absolute Gasteiger partial charge is 0.200 e. The quantitative estimate of drug-likeness (QED) is 0.196. The number of hydrogen-bond acceptors (Lipinski definition) is 6. The van der Waals surface area contributed by atoms with Gasteiger partial charge >= 0.3 is 0 Å². The highest BCUT2D eigenvalue weighted by atomic mass is 35.5. The minimum absolute atomic E-state index is 0.150. The number of phenolic OH excluding ortho intramolecular Hbond substituents is 3. The van der Waals surface area contributed by atoms with Crippen LogP contribution in [0.4, 0.5) is 0 Å². The standard InChI is InChI=1S/C25H28ClNO5/c1-3-27-12-13-32-20-10-6-16(7-11-20)23(24(26)17-4-8-19(28)9-5-17)18-14-21(29)25(30)22(15-18)31-2/h4-11,14-15,23-24,27-30H,3,12-13H2,1-2H3. The molecule has 0 saturated heterocycles. The molecule has 6 nitrogen and oxygen atoms in total. The lowest BCUT2D eigenvalue weighted by molar-refractivity contribution is 0.315. The summed E-state index contributed by atoms with van der Waals surface area (Å²) in [5, 5.41) is 32.6. The molecule has 0 spiro atoms. The third-order valence-electron chi connectivity index (χ3n) is 5.20. The molecule has 0 heterocycles. The molecular formula is C25H28ClNO5. The third kappa shape index (κ3) is 5.58. The van der Waals surface area contributed by atoms with E-state index in [1.807, 2.05) is 31.2 Å². The summed E-state index contributed by atoms with van der Waals surface area (Å²) in [5.41, 5.74) is 2.36. The summed E-state index contributed by atoms with van der Waals surface area (Å²) in [6, 6.07) is 17.5. The molecule has 0 radical (unpaired) electrons. The monoisotopic (exact) mass is 457 g/mol. The van der Waals surface area contributed by atoms with Crippen molar-refractivity contribution in [3.05, 3.63) is 77.4 Å². The summed E-state index contributed by atoms with van der Waals surface area (Å²) in [4.78, 5) is 0. The fourth-order valence-electron chi connectivity index (χ4n) is 3.52. The fourth-order valence-corrected chi connectivity index (χ4v) is 3.96. The van der Waals surface area contributed by atoms with Crippen LogP contribution < -0.4 is 14.8 Å². The first kappa shape index (κ1) is 23.6. The third-order valence-corrected chi connectivity index (χ3v) is 5.70. The van der Waals surface area contributed by atoms with Gasteiger partial charge in [0.1, 0.15) is 18.1 Å². The zero-order chi connectivity index (χ0) is 23.1. The van der Waals surface area contributed by atoms with E-state index in [-0.39, 0.29) is 28.9 Å². The van der Waals surface area contributed by atoms with Crippen molar-refractivity contribution >= 4 is 11.6 Å². The van der Waals surface area contributed by atoms with Gasteiger partial charge in [0.25, 0.3) is 0 Å². The highest BCUT2D eigenvalue weighted by Gasteiger charge is 2.27. The highest BCUT2D eigenvalue weighted by molar-refractivity contribution is 6.21. The highest BCUT2D eigenvalue weighted by Crippen LogP contribution is 2.46. The first-order valence-corrected chi connectivity index (χ1v) is 10.8. The van der Waals surface area contributed by atoms with Crippen LogP contribution in [0.1, 0.15) is 34.9 Å². The number of likely N-dealkylation sites (N-methyl/N-ethyl adjacent to an activating group) is 1. The molecular weight excluding hydrogens is 430 g/mol. The maximum Gasteiger partial charge on any atom is 0.200 e. The van der Waals surface area contributed by atoms with Crippen LogP contribution in [0.15, 0.2) is 60.7 Å². The SMILES string of the molecule is CCNCCOc1ccc(C(c2cc(O)c(O)c(OC)c2)C(Cl)c2ccc(O)cc2)cc1. The van der Waals surface area contributed by atoms with Crippen molar-refractivity contribution in [3.63, 3.8) is 0 Å². The number of ether oxygens (including phenoxy) is 2. The van der Waals surface area contributed by atoms with Crippen molar-refractivity contribution in [2.24, 2.45) is 0 Å². The van der Waals surface area contributed by atoms with Gasteiger partial charge in [-0.25, -0.2) is 0 Å². The van der Waals surface area contributed by atoms with E-state index in [0.29, 0.717) is 12.2 Å². The van der Waals surface area contributed by atoms with Gasteiger partial charge in [-0.2, -0.15) is 0 Å². The molecule has 0 amide bonds. The molecule has 0 bridgehead atoms. The summed E-state index contributed by atoms with van der Waals surface area (Å²) in [6.45, 7) is 4.26. The van der Waals surface area contributed by atoms with Crippen molar-refractivity contribution in [1.82, 2.24) is 5.32 Å². The molecule has 170 valence electrons. The number of hydrogen-bond donors (Lipinski definition) is 4. The van der Waals surface area contributed by atoms with E-state index in [1.54, 1.807) is 30.3 Å². The van der Waals surface area contributed by atoms with E-state index in [2.05, 4.69) is 5.32 Å². The van der Waals surface area contributed by atoms with Crippen molar-refractivity contribution in [2.45, 2.75) is 18.2 Å². The number of nitrogens with one attached hydrogen (secondary N) is 1. The largest absolute Gasteiger partial charge is 0.508 e. The van der Waals surface area contributed by atoms with Crippen LogP contribution in [-0.2, 0) is 0 Å². The zero-order valence-corrected chi connectivity index (χ0v) is 18.8. The summed E-state index contributed by atoms with van der Waals surface area (Å²) in [6.07, 6.45) is 0. The molecule has 0 aliphatic rings. The van der Waals surface area contributed by atoms with Crippen molar-refractivity contribution in [2.75, 3.05) is 26.8 Å². The Morgan fingerprint density at radius 3 is 2.19 bits per heavy atom. The van der Waals surface area contributed by atoms with Crippen molar-refractivity contribution < 1.29 is 24.8 Å². The van der Waals surface area contributed by atoms with Crippen LogP contribution in [0.3, 0.4) is 0 Å². The molecule has 0 aliphatic carbocycles. The van der Waals surface area contributed by atoms with Crippen LogP contribution in [0.2, 0.25) is 0 Å². The molecule has 0 saturated carbocycles. The summed E-state index contributed by atoms with van der Waals surface area (Å²) in [5.74, 6) is 0.0577.